The Balaban J connectivity index is 2.31. The number of carbonyl (C=O) groups is 3. The van der Waals surface area contributed by atoms with E-state index < -0.39 is 11.8 Å². The minimum atomic E-state index is -0.604. The van der Waals surface area contributed by atoms with Gasteiger partial charge in [-0.15, -0.1) is 0 Å². The highest BCUT2D eigenvalue weighted by Gasteiger charge is 2.29. The maximum Gasteiger partial charge on any atom is 0.312 e. The Labute approximate surface area is 112 Å². The molecule has 1 aliphatic heterocycles. The molecule has 0 saturated carbocycles. The molecule has 19 heavy (non-hydrogen) atoms. The molecular formula is C12H21N3O4. The molecule has 1 heterocycles. The van der Waals surface area contributed by atoms with Gasteiger partial charge in [0.1, 0.15) is 0 Å². The minimum Gasteiger partial charge on any atom is -0.372 e. The van der Waals surface area contributed by atoms with Gasteiger partial charge < -0.3 is 20.3 Å². The number of amides is 3. The molecule has 7 heteroatoms. The average Bonchev–Trinajstić information content (AvgIpc) is 2.36. The predicted octanol–water partition coefficient (Wildman–Crippen LogP) is -1.13. The van der Waals surface area contributed by atoms with E-state index >= 15 is 0 Å². The van der Waals surface area contributed by atoms with Crippen molar-refractivity contribution in [3.63, 3.8) is 0 Å². The number of nitrogens with zero attached hydrogens (tertiary/aromatic N) is 1. The van der Waals surface area contributed by atoms with Crippen LogP contribution in [0.15, 0.2) is 0 Å². The van der Waals surface area contributed by atoms with Crippen LogP contribution in [0.5, 0.6) is 0 Å². The lowest BCUT2D eigenvalue weighted by atomic mass is 10.2. The summed E-state index contributed by atoms with van der Waals surface area (Å²) in [6, 6.07) is 0. The van der Waals surface area contributed by atoms with E-state index in [1.807, 2.05) is 13.8 Å². The highest BCUT2D eigenvalue weighted by molar-refractivity contribution is 6.35. The number of hydrogen-bond donors (Lipinski definition) is 2. The normalized spacial score (nSPS) is 22.7. The number of nitrogens with one attached hydrogen (secondary N) is 2. The van der Waals surface area contributed by atoms with Crippen LogP contribution < -0.4 is 10.6 Å². The summed E-state index contributed by atoms with van der Waals surface area (Å²) in [5.41, 5.74) is 0. The minimum absolute atomic E-state index is 0.0581. The van der Waals surface area contributed by atoms with Gasteiger partial charge in [0.25, 0.3) is 0 Å². The van der Waals surface area contributed by atoms with Crippen molar-refractivity contribution in [3.05, 3.63) is 0 Å². The molecule has 2 N–H and O–H groups in total. The first-order valence-electron chi connectivity index (χ1n) is 6.44. The fraction of sp³-hybridized carbons (Fsp3) is 0.750. The summed E-state index contributed by atoms with van der Waals surface area (Å²) < 4.78 is 5.50. The second kappa shape index (κ2) is 7.73. The van der Waals surface area contributed by atoms with Gasteiger partial charge in [-0.2, -0.15) is 0 Å². The molecule has 2 atom stereocenters. The Hall–Kier alpha value is -1.63. The summed E-state index contributed by atoms with van der Waals surface area (Å²) in [6.45, 7) is 5.45. The summed E-state index contributed by atoms with van der Waals surface area (Å²) in [5.74, 6) is -1.13. The molecule has 1 saturated heterocycles. The zero-order valence-corrected chi connectivity index (χ0v) is 11.3. The van der Waals surface area contributed by atoms with Crippen molar-refractivity contribution in [1.82, 2.24) is 15.5 Å². The third-order valence-electron chi connectivity index (χ3n) is 2.77. The van der Waals surface area contributed by atoms with Gasteiger partial charge in [0, 0.05) is 26.2 Å². The summed E-state index contributed by atoms with van der Waals surface area (Å²) >= 11 is 0. The van der Waals surface area contributed by atoms with Gasteiger partial charge in [-0.05, 0) is 20.3 Å². The second-order valence-corrected chi connectivity index (χ2v) is 4.65. The van der Waals surface area contributed by atoms with Crippen LogP contribution in [-0.4, -0.2) is 61.5 Å². The van der Waals surface area contributed by atoms with E-state index in [9.17, 15) is 14.4 Å². The molecule has 108 valence electrons. The topological polar surface area (TPSA) is 87.7 Å². The van der Waals surface area contributed by atoms with Crippen molar-refractivity contribution in [2.45, 2.75) is 32.5 Å². The van der Waals surface area contributed by atoms with Crippen molar-refractivity contribution in [1.29, 1.82) is 0 Å². The standard InChI is InChI=1S/C12H21N3O4/c1-9-6-15(7-10(2)19-9)12(18)11(17)14-5-3-4-13-8-16/h8-10H,3-7H2,1-2H3,(H,13,16)(H,14,17). The van der Waals surface area contributed by atoms with Crippen molar-refractivity contribution in [2.75, 3.05) is 26.2 Å². The number of rotatable bonds is 5. The first-order valence-corrected chi connectivity index (χ1v) is 6.44. The predicted molar refractivity (Wildman–Crippen MR) is 68.3 cm³/mol. The molecule has 0 aromatic rings. The van der Waals surface area contributed by atoms with Gasteiger partial charge in [-0.1, -0.05) is 0 Å². The zero-order valence-electron chi connectivity index (χ0n) is 11.3. The van der Waals surface area contributed by atoms with Gasteiger partial charge in [-0.25, -0.2) is 0 Å². The van der Waals surface area contributed by atoms with Crippen LogP contribution in [0.4, 0.5) is 0 Å². The van der Waals surface area contributed by atoms with Gasteiger partial charge in [0.05, 0.1) is 12.2 Å². The molecule has 2 unspecified atom stereocenters. The lowest BCUT2D eigenvalue weighted by molar-refractivity contribution is -0.153. The average molecular weight is 271 g/mol. The Morgan fingerprint density at radius 3 is 2.47 bits per heavy atom. The van der Waals surface area contributed by atoms with Crippen LogP contribution in [0.1, 0.15) is 20.3 Å². The van der Waals surface area contributed by atoms with Crippen molar-refractivity contribution in [3.8, 4) is 0 Å². The molecule has 0 aromatic heterocycles. The molecule has 0 bridgehead atoms. The zero-order chi connectivity index (χ0) is 14.3. The SMILES string of the molecule is CC1CN(C(=O)C(=O)NCCCNC=O)CC(C)O1. The molecule has 0 radical (unpaired) electrons. The molecule has 3 amide bonds. The smallest absolute Gasteiger partial charge is 0.312 e. The van der Waals surface area contributed by atoms with E-state index in [0.717, 1.165) is 0 Å². The molecule has 7 nitrogen and oxygen atoms in total. The van der Waals surface area contributed by atoms with E-state index in [-0.39, 0.29) is 12.2 Å². The maximum absolute atomic E-state index is 11.9. The van der Waals surface area contributed by atoms with Crippen LogP contribution in [-0.2, 0) is 19.1 Å². The van der Waals surface area contributed by atoms with E-state index in [1.54, 1.807) is 0 Å². The van der Waals surface area contributed by atoms with Crippen LogP contribution in [0, 0.1) is 0 Å². The molecule has 0 aliphatic carbocycles. The molecular weight excluding hydrogens is 250 g/mol. The second-order valence-electron chi connectivity index (χ2n) is 4.65. The monoisotopic (exact) mass is 271 g/mol. The van der Waals surface area contributed by atoms with Gasteiger partial charge in [-0.3, -0.25) is 14.4 Å². The third-order valence-corrected chi connectivity index (χ3v) is 2.77. The highest BCUT2D eigenvalue weighted by Crippen LogP contribution is 2.10. The summed E-state index contributed by atoms with van der Waals surface area (Å²) in [4.78, 5) is 35.1. The van der Waals surface area contributed by atoms with E-state index in [4.69, 9.17) is 4.74 Å². The van der Waals surface area contributed by atoms with Gasteiger partial charge in [0.2, 0.25) is 6.41 Å². The number of morpholine rings is 1. The van der Waals surface area contributed by atoms with E-state index in [1.165, 1.54) is 4.90 Å². The first-order chi connectivity index (χ1) is 9.04. The lowest BCUT2D eigenvalue weighted by Crippen LogP contribution is -2.52. The lowest BCUT2D eigenvalue weighted by Gasteiger charge is -2.34. The van der Waals surface area contributed by atoms with Crippen molar-refractivity contribution < 1.29 is 19.1 Å². The molecule has 1 aliphatic rings. The van der Waals surface area contributed by atoms with Crippen LogP contribution in [0.2, 0.25) is 0 Å². The van der Waals surface area contributed by atoms with Crippen LogP contribution in [0.3, 0.4) is 0 Å². The van der Waals surface area contributed by atoms with Crippen LogP contribution >= 0.6 is 0 Å². The van der Waals surface area contributed by atoms with Gasteiger partial charge in [0.15, 0.2) is 0 Å². The van der Waals surface area contributed by atoms with Crippen molar-refractivity contribution >= 4 is 18.2 Å². The summed E-state index contributed by atoms with van der Waals surface area (Å²) in [6.07, 6.45) is 1.08. The third kappa shape index (κ3) is 5.25. The Bertz CT molecular complexity index is 325. The Morgan fingerprint density at radius 2 is 1.89 bits per heavy atom. The number of ether oxygens (including phenoxy) is 1. The maximum atomic E-state index is 11.9. The first kappa shape index (κ1) is 15.4. The van der Waals surface area contributed by atoms with E-state index in [2.05, 4.69) is 10.6 Å². The quantitative estimate of drug-likeness (QED) is 0.376. The Kier molecular flexibility index (Phi) is 6.27. The van der Waals surface area contributed by atoms with Gasteiger partial charge >= 0.3 is 11.8 Å². The van der Waals surface area contributed by atoms with Crippen LogP contribution in [0.25, 0.3) is 0 Å². The number of hydrogen-bond acceptors (Lipinski definition) is 4. The summed E-state index contributed by atoms with van der Waals surface area (Å²) in [5, 5.41) is 5.02. The number of carbonyl (C=O) groups excluding carboxylic acids is 3. The largest absolute Gasteiger partial charge is 0.372 e. The molecule has 0 aromatic carbocycles. The fourth-order valence-electron chi connectivity index (χ4n) is 2.01. The molecule has 1 fully saturated rings. The van der Waals surface area contributed by atoms with E-state index in [0.29, 0.717) is 39.0 Å². The summed E-state index contributed by atoms with van der Waals surface area (Å²) in [7, 11) is 0. The van der Waals surface area contributed by atoms with Crippen molar-refractivity contribution in [2.24, 2.45) is 0 Å². The molecule has 1 rings (SSSR count). The highest BCUT2D eigenvalue weighted by atomic mass is 16.5. The molecule has 0 spiro atoms. The Morgan fingerprint density at radius 1 is 1.26 bits per heavy atom. The fourth-order valence-corrected chi connectivity index (χ4v) is 2.01.